The van der Waals surface area contributed by atoms with Gasteiger partial charge in [-0.2, -0.15) is 0 Å². The summed E-state index contributed by atoms with van der Waals surface area (Å²) in [5.41, 5.74) is 0. The molecule has 0 spiro atoms. The van der Waals surface area contributed by atoms with Gasteiger partial charge in [0.05, 0.1) is 0 Å². The molecular weight excluding hydrogens is 176 g/mol. The first-order valence-electron chi connectivity index (χ1n) is 5.88. The van der Waals surface area contributed by atoms with E-state index in [2.05, 4.69) is 10.6 Å². The lowest BCUT2D eigenvalue weighted by Crippen LogP contribution is -2.50. The Morgan fingerprint density at radius 3 is 2.00 bits per heavy atom. The summed E-state index contributed by atoms with van der Waals surface area (Å²) in [6.45, 7) is 1.77. The van der Waals surface area contributed by atoms with Crippen LogP contribution < -0.4 is 10.6 Å². The molecule has 3 heteroatoms. The second-order valence-corrected chi connectivity index (χ2v) is 4.60. The van der Waals surface area contributed by atoms with Crippen LogP contribution in [0.2, 0.25) is 0 Å². The minimum atomic E-state index is 0.00914. The van der Waals surface area contributed by atoms with Crippen molar-refractivity contribution in [2.45, 2.75) is 38.5 Å². The minimum absolute atomic E-state index is 0.00914. The van der Waals surface area contributed by atoms with E-state index in [1.807, 2.05) is 0 Å². The molecule has 2 aliphatic rings. The molecule has 2 N–H and O–H groups in total. The highest BCUT2D eigenvalue weighted by Crippen LogP contribution is 2.29. The highest BCUT2D eigenvalue weighted by atomic mass is 16.2. The molecule has 0 aromatic heterocycles. The van der Waals surface area contributed by atoms with Gasteiger partial charge in [-0.3, -0.25) is 0 Å². The number of rotatable bonds is 1. The van der Waals surface area contributed by atoms with Crippen LogP contribution in [0.15, 0.2) is 0 Å². The average molecular weight is 196 g/mol. The third-order valence-corrected chi connectivity index (χ3v) is 3.62. The Morgan fingerprint density at radius 1 is 0.857 bits per heavy atom. The van der Waals surface area contributed by atoms with E-state index in [1.165, 1.54) is 38.5 Å². The smallest absolute Gasteiger partial charge is 0.314 e. The molecule has 3 nitrogen and oxygen atoms in total. The highest BCUT2D eigenvalue weighted by Gasteiger charge is 2.26. The number of hydrogen-bond donors (Lipinski definition) is 2. The second-order valence-electron chi connectivity index (χ2n) is 4.60. The largest absolute Gasteiger partial charge is 0.338 e. The van der Waals surface area contributed by atoms with Gasteiger partial charge in [-0.15, -0.1) is 0 Å². The van der Waals surface area contributed by atoms with Gasteiger partial charge in [-0.05, 0) is 11.8 Å². The summed E-state index contributed by atoms with van der Waals surface area (Å²) in [4.78, 5) is 10.9. The molecule has 0 radical (unpaired) electrons. The fourth-order valence-corrected chi connectivity index (χ4v) is 2.70. The van der Waals surface area contributed by atoms with Gasteiger partial charge in [0.25, 0.3) is 0 Å². The van der Waals surface area contributed by atoms with Crippen LogP contribution in [0, 0.1) is 11.8 Å². The average Bonchev–Trinajstić information content (AvgIpc) is 2.47. The van der Waals surface area contributed by atoms with E-state index in [0.29, 0.717) is 5.92 Å². The summed E-state index contributed by atoms with van der Waals surface area (Å²) in [7, 11) is 0. The van der Waals surface area contributed by atoms with E-state index in [9.17, 15) is 4.79 Å². The van der Waals surface area contributed by atoms with Crippen molar-refractivity contribution in [3.05, 3.63) is 0 Å². The van der Waals surface area contributed by atoms with Crippen LogP contribution in [0.3, 0.4) is 0 Å². The van der Waals surface area contributed by atoms with Gasteiger partial charge in [-0.1, -0.05) is 38.5 Å². The summed E-state index contributed by atoms with van der Waals surface area (Å²) in [6.07, 6.45) is 8.31. The second kappa shape index (κ2) is 4.67. The van der Waals surface area contributed by atoms with Crippen molar-refractivity contribution in [1.82, 2.24) is 10.6 Å². The van der Waals surface area contributed by atoms with Crippen molar-refractivity contribution in [2.75, 3.05) is 13.1 Å². The predicted molar refractivity (Wildman–Crippen MR) is 56.1 cm³/mol. The minimum Gasteiger partial charge on any atom is -0.338 e. The molecule has 0 aromatic carbocycles. The lowest BCUT2D eigenvalue weighted by Gasteiger charge is -2.30. The van der Waals surface area contributed by atoms with Gasteiger partial charge < -0.3 is 10.6 Å². The van der Waals surface area contributed by atoms with Crippen LogP contribution in [0.25, 0.3) is 0 Å². The molecule has 0 unspecified atom stereocenters. The van der Waals surface area contributed by atoms with E-state index in [-0.39, 0.29) is 6.03 Å². The molecule has 2 rings (SSSR count). The van der Waals surface area contributed by atoms with Crippen molar-refractivity contribution < 1.29 is 4.79 Å². The van der Waals surface area contributed by atoms with Gasteiger partial charge >= 0.3 is 6.03 Å². The number of nitrogens with one attached hydrogen (secondary N) is 2. The van der Waals surface area contributed by atoms with Gasteiger partial charge in [-0.25, -0.2) is 4.79 Å². The Hall–Kier alpha value is -0.730. The fraction of sp³-hybridized carbons (Fsp3) is 0.909. The van der Waals surface area contributed by atoms with Crippen LogP contribution in [-0.4, -0.2) is 19.1 Å². The monoisotopic (exact) mass is 196 g/mol. The topological polar surface area (TPSA) is 41.1 Å². The van der Waals surface area contributed by atoms with Crippen LogP contribution in [0.4, 0.5) is 4.79 Å². The Morgan fingerprint density at radius 2 is 1.43 bits per heavy atom. The standard InChI is InChI=1S/C11H20N2O/c14-11-12-7-10(8-13-11)9-5-3-1-2-4-6-9/h9-10H,1-8H2,(H2,12,13,14). The number of amides is 2. The van der Waals surface area contributed by atoms with Crippen LogP contribution >= 0.6 is 0 Å². The summed E-state index contributed by atoms with van der Waals surface area (Å²) in [6, 6.07) is 0.00914. The maximum absolute atomic E-state index is 10.9. The van der Waals surface area contributed by atoms with Gasteiger partial charge in [0, 0.05) is 13.1 Å². The summed E-state index contributed by atoms with van der Waals surface area (Å²) < 4.78 is 0. The molecule has 2 amide bonds. The zero-order valence-electron chi connectivity index (χ0n) is 8.72. The number of urea groups is 1. The summed E-state index contributed by atoms with van der Waals surface area (Å²) >= 11 is 0. The first kappa shape index (κ1) is 9.81. The van der Waals surface area contributed by atoms with E-state index in [0.717, 1.165) is 19.0 Å². The zero-order valence-corrected chi connectivity index (χ0v) is 8.72. The van der Waals surface area contributed by atoms with Crippen molar-refractivity contribution in [3.8, 4) is 0 Å². The molecule has 0 atom stereocenters. The molecular formula is C11H20N2O. The SMILES string of the molecule is O=C1NCC(C2CCCCCC2)CN1. The number of carbonyl (C=O) groups is 1. The van der Waals surface area contributed by atoms with E-state index < -0.39 is 0 Å². The molecule has 2 fully saturated rings. The van der Waals surface area contributed by atoms with Crippen molar-refractivity contribution in [3.63, 3.8) is 0 Å². The van der Waals surface area contributed by atoms with Gasteiger partial charge in [0.1, 0.15) is 0 Å². The molecule has 1 heterocycles. The highest BCUT2D eigenvalue weighted by molar-refractivity contribution is 5.74. The van der Waals surface area contributed by atoms with Crippen molar-refractivity contribution in [2.24, 2.45) is 11.8 Å². The van der Waals surface area contributed by atoms with Crippen molar-refractivity contribution in [1.29, 1.82) is 0 Å². The fourth-order valence-electron chi connectivity index (χ4n) is 2.70. The summed E-state index contributed by atoms with van der Waals surface area (Å²) in [5, 5.41) is 5.80. The Balaban J connectivity index is 1.83. The third-order valence-electron chi connectivity index (χ3n) is 3.62. The number of hydrogen-bond acceptors (Lipinski definition) is 1. The molecule has 0 aromatic rings. The van der Waals surface area contributed by atoms with Crippen LogP contribution in [0.1, 0.15) is 38.5 Å². The predicted octanol–water partition coefficient (Wildman–Crippen LogP) is 1.89. The van der Waals surface area contributed by atoms with E-state index >= 15 is 0 Å². The molecule has 1 aliphatic heterocycles. The first-order valence-corrected chi connectivity index (χ1v) is 5.88. The molecule has 80 valence electrons. The van der Waals surface area contributed by atoms with E-state index in [4.69, 9.17) is 0 Å². The Labute approximate surface area is 85.6 Å². The Kier molecular flexibility index (Phi) is 3.27. The quantitative estimate of drug-likeness (QED) is 0.618. The van der Waals surface area contributed by atoms with Crippen molar-refractivity contribution >= 4 is 6.03 Å². The molecule has 14 heavy (non-hydrogen) atoms. The van der Waals surface area contributed by atoms with E-state index in [1.54, 1.807) is 0 Å². The molecule has 1 saturated carbocycles. The lowest BCUT2D eigenvalue weighted by atomic mass is 9.85. The number of carbonyl (C=O) groups excluding carboxylic acids is 1. The maximum atomic E-state index is 10.9. The maximum Gasteiger partial charge on any atom is 0.314 e. The van der Waals surface area contributed by atoms with Crippen LogP contribution in [0.5, 0.6) is 0 Å². The molecule has 1 saturated heterocycles. The van der Waals surface area contributed by atoms with Gasteiger partial charge in [0.2, 0.25) is 0 Å². The summed E-state index contributed by atoms with van der Waals surface area (Å²) in [5.74, 6) is 1.51. The molecule has 1 aliphatic carbocycles. The Bertz CT molecular complexity index is 187. The molecule has 0 bridgehead atoms. The zero-order chi connectivity index (χ0) is 9.80. The third kappa shape index (κ3) is 2.40. The lowest BCUT2D eigenvalue weighted by molar-refractivity contribution is 0.210. The van der Waals surface area contributed by atoms with Crippen LogP contribution in [-0.2, 0) is 0 Å². The van der Waals surface area contributed by atoms with Gasteiger partial charge in [0.15, 0.2) is 0 Å². The first-order chi connectivity index (χ1) is 6.86. The normalized spacial score (nSPS) is 26.4.